The molecule has 2 aliphatic heterocycles. The molecule has 0 saturated carbocycles. The van der Waals surface area contributed by atoms with Crippen LogP contribution in [-0.2, 0) is 4.74 Å². The lowest BCUT2D eigenvalue weighted by molar-refractivity contribution is 0.113. The van der Waals surface area contributed by atoms with Gasteiger partial charge in [0.05, 0.1) is 18.0 Å². The summed E-state index contributed by atoms with van der Waals surface area (Å²) in [6.07, 6.45) is 4.00. The van der Waals surface area contributed by atoms with Crippen molar-refractivity contribution in [3.05, 3.63) is 54.6 Å². The van der Waals surface area contributed by atoms with E-state index in [0.717, 1.165) is 18.4 Å². The van der Waals surface area contributed by atoms with Crippen molar-refractivity contribution in [1.29, 1.82) is 0 Å². The standard InChI is InChI=1S/C26H27FN8O3/c1-2-37-26(36)34-13-15-7-10-35(19(15)14-34)23-12-22(32-25(28)33-23)31-16-3-4-21(18(27)11-16)38-20-6-9-30-24-17(20)5-8-29-24/h3-6,8-9,11-12,15,19H,2,7,10,13-14H2,1H3,(H,29,30)(H3,28,31,32,33). The number of halogens is 1. The number of rotatable bonds is 6. The van der Waals surface area contributed by atoms with E-state index in [-0.39, 0.29) is 23.8 Å². The highest BCUT2D eigenvalue weighted by molar-refractivity contribution is 5.82. The number of carbonyl (C=O) groups excluding carboxylic acids is 1. The van der Waals surface area contributed by atoms with Crippen LogP contribution in [0.2, 0.25) is 0 Å². The topological polar surface area (TPSA) is 135 Å². The number of aromatic amines is 1. The van der Waals surface area contributed by atoms with Crippen LogP contribution in [0.1, 0.15) is 13.3 Å². The summed E-state index contributed by atoms with van der Waals surface area (Å²) < 4.78 is 26.0. The highest BCUT2D eigenvalue weighted by Gasteiger charge is 2.44. The van der Waals surface area contributed by atoms with Gasteiger partial charge < -0.3 is 35.3 Å². The average Bonchev–Trinajstić information content (AvgIpc) is 3.62. The highest BCUT2D eigenvalue weighted by Crippen LogP contribution is 2.36. The van der Waals surface area contributed by atoms with E-state index in [1.54, 1.807) is 48.5 Å². The molecule has 1 aromatic carbocycles. The van der Waals surface area contributed by atoms with Crippen LogP contribution >= 0.6 is 0 Å². The number of H-pyrrole nitrogens is 1. The maximum absolute atomic E-state index is 15.0. The molecule has 12 heteroatoms. The molecule has 4 aromatic rings. The van der Waals surface area contributed by atoms with E-state index in [9.17, 15) is 9.18 Å². The van der Waals surface area contributed by atoms with E-state index in [4.69, 9.17) is 15.2 Å². The van der Waals surface area contributed by atoms with Crippen molar-refractivity contribution >= 4 is 40.4 Å². The van der Waals surface area contributed by atoms with Crippen molar-refractivity contribution in [3.8, 4) is 11.5 Å². The van der Waals surface area contributed by atoms with Gasteiger partial charge >= 0.3 is 6.09 Å². The number of likely N-dealkylation sites (tertiary alicyclic amines) is 1. The van der Waals surface area contributed by atoms with Crippen molar-refractivity contribution in [2.45, 2.75) is 19.4 Å². The van der Waals surface area contributed by atoms with Gasteiger partial charge in [-0.15, -0.1) is 0 Å². The van der Waals surface area contributed by atoms with Crippen molar-refractivity contribution in [2.24, 2.45) is 5.92 Å². The summed E-state index contributed by atoms with van der Waals surface area (Å²) in [5.41, 5.74) is 7.18. The molecule has 11 nitrogen and oxygen atoms in total. The van der Waals surface area contributed by atoms with Crippen molar-refractivity contribution in [2.75, 3.05) is 42.2 Å². The number of carbonyl (C=O) groups is 1. The normalized spacial score (nSPS) is 18.6. The van der Waals surface area contributed by atoms with Crippen LogP contribution < -0.4 is 20.7 Å². The van der Waals surface area contributed by atoms with E-state index < -0.39 is 5.82 Å². The Labute approximate surface area is 217 Å². The number of fused-ring (bicyclic) bond motifs is 2. The lowest BCUT2D eigenvalue weighted by Crippen LogP contribution is -2.38. The largest absolute Gasteiger partial charge is 0.453 e. The first-order valence-electron chi connectivity index (χ1n) is 12.5. The summed E-state index contributed by atoms with van der Waals surface area (Å²) in [4.78, 5) is 32.1. The van der Waals surface area contributed by atoms with E-state index in [1.165, 1.54) is 6.07 Å². The Kier molecular flexibility index (Phi) is 6.06. The number of ether oxygens (including phenoxy) is 2. The Bertz CT molecular complexity index is 1490. The van der Waals surface area contributed by atoms with Gasteiger partial charge in [-0.05, 0) is 37.6 Å². The molecule has 0 aliphatic carbocycles. The average molecular weight is 519 g/mol. The van der Waals surface area contributed by atoms with Crippen molar-refractivity contribution in [3.63, 3.8) is 0 Å². The molecule has 2 unspecified atom stereocenters. The number of benzene rings is 1. The summed E-state index contributed by atoms with van der Waals surface area (Å²) in [5, 5.41) is 3.88. The van der Waals surface area contributed by atoms with Crippen molar-refractivity contribution < 1.29 is 18.7 Å². The Morgan fingerprint density at radius 2 is 2.11 bits per heavy atom. The first-order valence-corrected chi connectivity index (χ1v) is 12.5. The molecule has 2 fully saturated rings. The Balaban J connectivity index is 1.18. The van der Waals surface area contributed by atoms with Gasteiger partial charge in [-0.2, -0.15) is 9.97 Å². The molecule has 2 aliphatic rings. The van der Waals surface area contributed by atoms with Crippen molar-refractivity contribution in [1.82, 2.24) is 24.8 Å². The minimum absolute atomic E-state index is 0.0858. The second-order valence-electron chi connectivity index (χ2n) is 9.30. The zero-order chi connectivity index (χ0) is 26.2. The molecule has 3 aromatic heterocycles. The summed E-state index contributed by atoms with van der Waals surface area (Å²) in [7, 11) is 0. The summed E-state index contributed by atoms with van der Waals surface area (Å²) in [5.74, 6) is 1.58. The third kappa shape index (κ3) is 4.49. The first-order chi connectivity index (χ1) is 18.5. The number of nitrogens with one attached hydrogen (secondary N) is 2. The van der Waals surface area contributed by atoms with Crippen LogP contribution in [-0.4, -0.2) is 63.2 Å². The quantitative estimate of drug-likeness (QED) is 0.342. The van der Waals surface area contributed by atoms with E-state index in [0.29, 0.717) is 54.3 Å². The van der Waals surface area contributed by atoms with Crippen LogP contribution in [0.4, 0.5) is 32.5 Å². The number of anilines is 4. The molecule has 196 valence electrons. The van der Waals surface area contributed by atoms with Gasteiger partial charge in [0.1, 0.15) is 23.0 Å². The molecule has 1 amide bonds. The molecule has 0 bridgehead atoms. The zero-order valence-electron chi connectivity index (χ0n) is 20.7. The smallest absolute Gasteiger partial charge is 0.409 e. The number of hydrogen-bond donors (Lipinski definition) is 3. The molecule has 6 rings (SSSR count). The third-order valence-electron chi connectivity index (χ3n) is 6.94. The molecule has 4 N–H and O–H groups in total. The highest BCUT2D eigenvalue weighted by atomic mass is 19.1. The Morgan fingerprint density at radius 3 is 2.95 bits per heavy atom. The van der Waals surface area contributed by atoms with Crippen LogP contribution in [0.5, 0.6) is 11.5 Å². The predicted molar refractivity (Wildman–Crippen MR) is 140 cm³/mol. The van der Waals surface area contributed by atoms with E-state index in [1.807, 2.05) is 6.07 Å². The van der Waals surface area contributed by atoms with Gasteiger partial charge in [0.25, 0.3) is 0 Å². The summed E-state index contributed by atoms with van der Waals surface area (Å²) in [6, 6.07) is 10.0. The summed E-state index contributed by atoms with van der Waals surface area (Å²) >= 11 is 0. The second-order valence-corrected chi connectivity index (χ2v) is 9.30. The van der Waals surface area contributed by atoms with Gasteiger partial charge in [-0.1, -0.05) is 0 Å². The fraction of sp³-hybridized carbons (Fsp3) is 0.308. The molecule has 5 heterocycles. The molecule has 0 radical (unpaired) electrons. The fourth-order valence-corrected chi connectivity index (χ4v) is 5.23. The number of nitrogens with two attached hydrogens (primary N) is 1. The molecule has 0 spiro atoms. The fourth-order valence-electron chi connectivity index (χ4n) is 5.23. The lowest BCUT2D eigenvalue weighted by Gasteiger charge is -2.26. The number of hydrogen-bond acceptors (Lipinski definition) is 9. The van der Waals surface area contributed by atoms with Gasteiger partial charge in [0.2, 0.25) is 5.95 Å². The SMILES string of the molecule is CCOC(=O)N1CC2CCN(c3cc(Nc4ccc(Oc5ccnc6[nH]ccc56)c(F)c4)nc(N)n3)C2C1. The van der Waals surface area contributed by atoms with Gasteiger partial charge in [0.15, 0.2) is 11.6 Å². The monoisotopic (exact) mass is 518 g/mol. The number of nitrogen functional groups attached to an aromatic ring is 1. The Hall–Kier alpha value is -4.61. The molecular weight excluding hydrogens is 491 g/mol. The van der Waals surface area contributed by atoms with Crippen LogP contribution in [0, 0.1) is 11.7 Å². The van der Waals surface area contributed by atoms with Gasteiger partial charge in [-0.3, -0.25) is 0 Å². The van der Waals surface area contributed by atoms with Gasteiger partial charge in [-0.25, -0.2) is 14.2 Å². The maximum Gasteiger partial charge on any atom is 0.409 e. The first kappa shape index (κ1) is 23.8. The molecule has 38 heavy (non-hydrogen) atoms. The molecule has 2 atom stereocenters. The van der Waals surface area contributed by atoms with Crippen LogP contribution in [0.25, 0.3) is 11.0 Å². The lowest BCUT2D eigenvalue weighted by atomic mass is 10.1. The zero-order valence-corrected chi connectivity index (χ0v) is 20.7. The summed E-state index contributed by atoms with van der Waals surface area (Å²) in [6.45, 7) is 4.17. The number of amides is 1. The molecule has 2 saturated heterocycles. The van der Waals surface area contributed by atoms with Gasteiger partial charge in [0, 0.05) is 55.8 Å². The van der Waals surface area contributed by atoms with E-state index in [2.05, 4.69) is 30.2 Å². The molecular formula is C26H27FN8O3. The third-order valence-corrected chi connectivity index (χ3v) is 6.94. The maximum atomic E-state index is 15.0. The second kappa shape index (κ2) is 9.69. The Morgan fingerprint density at radius 1 is 1.21 bits per heavy atom. The number of nitrogens with zero attached hydrogens (tertiary/aromatic N) is 5. The van der Waals surface area contributed by atoms with Crippen LogP contribution in [0.15, 0.2) is 48.8 Å². The predicted octanol–water partition coefficient (Wildman–Crippen LogP) is 4.28. The minimum atomic E-state index is -0.537. The number of aromatic nitrogens is 4. The minimum Gasteiger partial charge on any atom is -0.453 e. The van der Waals surface area contributed by atoms with E-state index >= 15 is 0 Å². The number of pyridine rings is 1. The van der Waals surface area contributed by atoms with Crippen LogP contribution in [0.3, 0.4) is 0 Å².